The Labute approximate surface area is 109 Å². The molecule has 3 rings (SSSR count). The standard InChI is InChI=1S/C13H16BrFN2/c1-8-2-3-17-9(4-8)7-16-12-6-11(15)10(14)5-13(12)17/h5-6,8-9,16H,2-4,7H2,1H3. The first kappa shape index (κ1) is 11.3. The molecule has 1 N–H and O–H groups in total. The summed E-state index contributed by atoms with van der Waals surface area (Å²) in [7, 11) is 0. The van der Waals surface area contributed by atoms with Crippen LogP contribution in [0, 0.1) is 11.7 Å². The fraction of sp³-hybridized carbons (Fsp3) is 0.538. The summed E-state index contributed by atoms with van der Waals surface area (Å²) in [4.78, 5) is 2.43. The zero-order valence-electron chi connectivity index (χ0n) is 9.84. The Balaban J connectivity index is 1.98. The molecule has 0 saturated carbocycles. The van der Waals surface area contributed by atoms with E-state index in [0.29, 0.717) is 10.5 Å². The lowest BCUT2D eigenvalue weighted by Gasteiger charge is -2.44. The number of nitrogens with zero attached hydrogens (tertiary/aromatic N) is 1. The molecule has 2 unspecified atom stereocenters. The van der Waals surface area contributed by atoms with Crippen molar-refractivity contribution in [3.8, 4) is 0 Å². The lowest BCUT2D eigenvalue weighted by atomic mass is 9.90. The van der Waals surface area contributed by atoms with Crippen molar-refractivity contribution in [3.63, 3.8) is 0 Å². The maximum atomic E-state index is 13.5. The van der Waals surface area contributed by atoms with Crippen molar-refractivity contribution in [2.45, 2.75) is 25.8 Å². The molecule has 2 atom stereocenters. The minimum Gasteiger partial charge on any atom is -0.381 e. The minimum absolute atomic E-state index is 0.194. The van der Waals surface area contributed by atoms with Gasteiger partial charge in [0.2, 0.25) is 0 Å². The minimum atomic E-state index is -0.194. The predicted octanol–water partition coefficient (Wildman–Crippen LogP) is 3.62. The van der Waals surface area contributed by atoms with Crippen LogP contribution in [0.25, 0.3) is 0 Å². The lowest BCUT2D eigenvalue weighted by molar-refractivity contribution is 0.367. The van der Waals surface area contributed by atoms with Crippen molar-refractivity contribution in [1.82, 2.24) is 0 Å². The highest BCUT2D eigenvalue weighted by atomic mass is 79.9. The predicted molar refractivity (Wildman–Crippen MR) is 72.1 cm³/mol. The molecular formula is C13H16BrFN2. The Morgan fingerprint density at radius 2 is 2.29 bits per heavy atom. The fourth-order valence-corrected chi connectivity index (χ4v) is 3.24. The van der Waals surface area contributed by atoms with Crippen LogP contribution >= 0.6 is 15.9 Å². The molecule has 17 heavy (non-hydrogen) atoms. The van der Waals surface area contributed by atoms with Crippen molar-refractivity contribution in [2.24, 2.45) is 5.92 Å². The van der Waals surface area contributed by atoms with Crippen LogP contribution in [-0.4, -0.2) is 19.1 Å². The van der Waals surface area contributed by atoms with Crippen LogP contribution < -0.4 is 10.2 Å². The topological polar surface area (TPSA) is 15.3 Å². The van der Waals surface area contributed by atoms with E-state index < -0.39 is 0 Å². The van der Waals surface area contributed by atoms with Gasteiger partial charge in [0.15, 0.2) is 0 Å². The Morgan fingerprint density at radius 3 is 3.12 bits per heavy atom. The Morgan fingerprint density at radius 1 is 1.47 bits per heavy atom. The number of fused-ring (bicyclic) bond motifs is 3. The van der Waals surface area contributed by atoms with Gasteiger partial charge >= 0.3 is 0 Å². The molecule has 0 radical (unpaired) electrons. The van der Waals surface area contributed by atoms with E-state index in [1.807, 2.05) is 6.07 Å². The van der Waals surface area contributed by atoms with E-state index in [1.54, 1.807) is 6.07 Å². The van der Waals surface area contributed by atoms with E-state index in [1.165, 1.54) is 12.8 Å². The van der Waals surface area contributed by atoms with Gasteiger partial charge in [0.05, 0.1) is 15.8 Å². The fourth-order valence-electron chi connectivity index (χ4n) is 2.91. The van der Waals surface area contributed by atoms with Gasteiger partial charge in [-0.25, -0.2) is 4.39 Å². The van der Waals surface area contributed by atoms with Crippen LogP contribution in [0.3, 0.4) is 0 Å². The molecule has 0 aromatic heterocycles. The average molecular weight is 299 g/mol. The quantitative estimate of drug-likeness (QED) is 0.787. The van der Waals surface area contributed by atoms with Crippen LogP contribution in [0.5, 0.6) is 0 Å². The van der Waals surface area contributed by atoms with Gasteiger partial charge in [-0.05, 0) is 40.8 Å². The van der Waals surface area contributed by atoms with Crippen LogP contribution in [0.4, 0.5) is 15.8 Å². The van der Waals surface area contributed by atoms with Crippen molar-refractivity contribution >= 4 is 27.3 Å². The number of nitrogens with one attached hydrogen (secondary N) is 1. The molecule has 1 aromatic rings. The van der Waals surface area contributed by atoms with Gasteiger partial charge in [-0.2, -0.15) is 0 Å². The maximum absolute atomic E-state index is 13.5. The monoisotopic (exact) mass is 298 g/mol. The number of piperidine rings is 1. The molecule has 2 aliphatic heterocycles. The third-order valence-electron chi connectivity index (χ3n) is 3.85. The summed E-state index contributed by atoms with van der Waals surface area (Å²) in [6.07, 6.45) is 2.45. The molecule has 0 spiro atoms. The van der Waals surface area contributed by atoms with Crippen LogP contribution in [0.1, 0.15) is 19.8 Å². The van der Waals surface area contributed by atoms with Gasteiger partial charge < -0.3 is 10.2 Å². The summed E-state index contributed by atoms with van der Waals surface area (Å²) in [5.74, 6) is 0.601. The summed E-state index contributed by atoms with van der Waals surface area (Å²) in [5, 5.41) is 3.35. The first-order valence-corrected chi connectivity index (χ1v) is 6.94. The number of halogens is 2. The first-order chi connectivity index (χ1) is 8.15. The van der Waals surface area contributed by atoms with E-state index in [0.717, 1.165) is 30.4 Å². The zero-order valence-corrected chi connectivity index (χ0v) is 11.4. The number of hydrogen-bond acceptors (Lipinski definition) is 2. The summed E-state index contributed by atoms with van der Waals surface area (Å²) in [5.41, 5.74) is 2.07. The van der Waals surface area contributed by atoms with Gasteiger partial charge in [0, 0.05) is 25.2 Å². The van der Waals surface area contributed by atoms with Crippen LogP contribution in [0.2, 0.25) is 0 Å². The van der Waals surface area contributed by atoms with Crippen LogP contribution in [-0.2, 0) is 0 Å². The molecule has 92 valence electrons. The van der Waals surface area contributed by atoms with Gasteiger partial charge in [0.1, 0.15) is 5.82 Å². The first-order valence-electron chi connectivity index (χ1n) is 6.14. The normalized spacial score (nSPS) is 27.1. The van der Waals surface area contributed by atoms with E-state index in [-0.39, 0.29) is 5.82 Å². The molecule has 2 heterocycles. The highest BCUT2D eigenvalue weighted by Crippen LogP contribution is 2.39. The van der Waals surface area contributed by atoms with Gasteiger partial charge in [-0.3, -0.25) is 0 Å². The Kier molecular flexibility index (Phi) is 2.77. The number of rotatable bonds is 0. The van der Waals surface area contributed by atoms with Crippen LogP contribution in [0.15, 0.2) is 16.6 Å². The van der Waals surface area contributed by atoms with Crippen molar-refractivity contribution in [2.75, 3.05) is 23.3 Å². The van der Waals surface area contributed by atoms with Crippen molar-refractivity contribution in [3.05, 3.63) is 22.4 Å². The molecule has 1 saturated heterocycles. The summed E-state index contributed by atoms with van der Waals surface area (Å²) >= 11 is 3.27. The maximum Gasteiger partial charge on any atom is 0.139 e. The SMILES string of the molecule is CC1CCN2c3cc(Br)c(F)cc3NCC2C1. The zero-order chi connectivity index (χ0) is 12.0. The van der Waals surface area contributed by atoms with Gasteiger partial charge in [0.25, 0.3) is 0 Å². The van der Waals surface area contributed by atoms with E-state index in [9.17, 15) is 4.39 Å². The number of anilines is 2. The van der Waals surface area contributed by atoms with E-state index in [4.69, 9.17) is 0 Å². The van der Waals surface area contributed by atoms with E-state index >= 15 is 0 Å². The third-order valence-corrected chi connectivity index (χ3v) is 4.46. The highest BCUT2D eigenvalue weighted by molar-refractivity contribution is 9.10. The second-order valence-corrected chi connectivity index (χ2v) is 6.00. The summed E-state index contributed by atoms with van der Waals surface area (Å²) in [6, 6.07) is 4.05. The Hall–Kier alpha value is -0.770. The van der Waals surface area contributed by atoms with Crippen molar-refractivity contribution < 1.29 is 4.39 Å². The molecule has 2 nitrogen and oxygen atoms in total. The smallest absolute Gasteiger partial charge is 0.139 e. The molecule has 2 aliphatic rings. The second-order valence-electron chi connectivity index (χ2n) is 5.14. The summed E-state index contributed by atoms with van der Waals surface area (Å²) in [6.45, 7) is 4.32. The molecule has 4 heteroatoms. The molecule has 1 aromatic carbocycles. The molecule has 0 bridgehead atoms. The van der Waals surface area contributed by atoms with Crippen molar-refractivity contribution in [1.29, 1.82) is 0 Å². The highest BCUT2D eigenvalue weighted by Gasteiger charge is 2.31. The average Bonchev–Trinajstić information content (AvgIpc) is 2.30. The molecule has 1 fully saturated rings. The largest absolute Gasteiger partial charge is 0.381 e. The number of hydrogen-bond donors (Lipinski definition) is 1. The van der Waals surface area contributed by atoms with Gasteiger partial charge in [-0.15, -0.1) is 0 Å². The Bertz CT molecular complexity index is 449. The number of benzene rings is 1. The lowest BCUT2D eigenvalue weighted by Crippen LogP contribution is -2.48. The molecule has 0 amide bonds. The van der Waals surface area contributed by atoms with E-state index in [2.05, 4.69) is 33.1 Å². The molecular weight excluding hydrogens is 283 g/mol. The second kappa shape index (κ2) is 4.16. The molecule has 0 aliphatic carbocycles. The summed E-state index contributed by atoms with van der Waals surface area (Å²) < 4.78 is 14.0. The van der Waals surface area contributed by atoms with Gasteiger partial charge in [-0.1, -0.05) is 6.92 Å². The third kappa shape index (κ3) is 1.92.